The molecule has 0 spiro atoms. The molecule has 0 aromatic rings. The second kappa shape index (κ2) is 3.34. The summed E-state index contributed by atoms with van der Waals surface area (Å²) >= 11 is 0. The molecule has 0 bridgehead atoms. The highest BCUT2D eigenvalue weighted by Gasteiger charge is 2.25. The average molecular weight is 146 g/mol. The average Bonchev–Trinajstić information content (AvgIpc) is 2.66. The third-order valence-electron chi connectivity index (χ3n) is 1.72. The van der Waals surface area contributed by atoms with E-state index in [9.17, 15) is 0 Å². The Kier molecular flexibility index (Phi) is 2.69. The van der Waals surface area contributed by atoms with Crippen LogP contribution in [0.3, 0.4) is 0 Å². The molecule has 2 nitrogen and oxygen atoms in total. The molecule has 1 aliphatic heterocycles. The summed E-state index contributed by atoms with van der Waals surface area (Å²) < 4.78 is 10.4. The minimum absolute atomic E-state index is 0.476. The van der Waals surface area contributed by atoms with Gasteiger partial charge in [0.25, 0.3) is 0 Å². The lowest BCUT2D eigenvalue weighted by molar-refractivity contribution is 0.188. The monoisotopic (exact) mass is 146 g/mol. The molecule has 1 aliphatic rings. The molecular weight excluding hydrogens is 132 g/mol. The van der Waals surface area contributed by atoms with Crippen molar-refractivity contribution in [2.24, 2.45) is 0 Å². The third kappa shape index (κ3) is 2.47. The van der Waals surface area contributed by atoms with Crippen LogP contribution in [-0.2, 0) is 9.16 Å². The maximum Gasteiger partial charge on any atom is 0.146 e. The van der Waals surface area contributed by atoms with E-state index in [4.69, 9.17) is 9.16 Å². The van der Waals surface area contributed by atoms with Crippen molar-refractivity contribution in [2.75, 3.05) is 6.61 Å². The standard InChI is InChI=1S/C6H14O2Si/c1-2-5(8-9)3-6-4-7-6/h5-6H,2-4H2,1,9H3. The van der Waals surface area contributed by atoms with E-state index in [0.717, 1.165) is 29.9 Å². The summed E-state index contributed by atoms with van der Waals surface area (Å²) in [7, 11) is 0.860. The quantitative estimate of drug-likeness (QED) is 0.406. The van der Waals surface area contributed by atoms with Crippen LogP contribution >= 0.6 is 0 Å². The van der Waals surface area contributed by atoms with Gasteiger partial charge in [0, 0.05) is 12.5 Å². The molecule has 54 valence electrons. The van der Waals surface area contributed by atoms with Crippen LogP contribution < -0.4 is 0 Å². The van der Waals surface area contributed by atoms with Crippen LogP contribution in [0, 0.1) is 0 Å². The minimum Gasteiger partial charge on any atom is -0.425 e. The maximum absolute atomic E-state index is 5.31. The van der Waals surface area contributed by atoms with Crippen molar-refractivity contribution in [3.63, 3.8) is 0 Å². The Labute approximate surface area is 59.1 Å². The minimum atomic E-state index is 0.476. The molecule has 2 atom stereocenters. The molecule has 0 aromatic carbocycles. The zero-order valence-corrected chi connectivity index (χ0v) is 8.09. The fraction of sp³-hybridized carbons (Fsp3) is 1.00. The molecule has 0 aliphatic carbocycles. The van der Waals surface area contributed by atoms with Crippen molar-refractivity contribution in [3.8, 4) is 0 Å². The SMILES string of the molecule is CCC(CC1CO1)O[SiH3]. The molecule has 1 saturated heterocycles. The molecule has 0 amide bonds. The lowest BCUT2D eigenvalue weighted by Crippen LogP contribution is -2.12. The molecule has 3 heteroatoms. The summed E-state index contributed by atoms with van der Waals surface area (Å²) in [5.74, 6) is 0. The van der Waals surface area contributed by atoms with Crippen LogP contribution in [0.1, 0.15) is 19.8 Å². The molecule has 0 N–H and O–H groups in total. The van der Waals surface area contributed by atoms with E-state index in [0.29, 0.717) is 12.2 Å². The predicted molar refractivity (Wildman–Crippen MR) is 39.5 cm³/mol. The first kappa shape index (κ1) is 7.25. The van der Waals surface area contributed by atoms with E-state index in [1.807, 2.05) is 0 Å². The van der Waals surface area contributed by atoms with E-state index in [2.05, 4.69) is 6.92 Å². The number of hydrogen-bond acceptors (Lipinski definition) is 2. The van der Waals surface area contributed by atoms with Gasteiger partial charge in [-0.2, -0.15) is 0 Å². The van der Waals surface area contributed by atoms with Gasteiger partial charge in [-0.3, -0.25) is 0 Å². The van der Waals surface area contributed by atoms with Gasteiger partial charge in [0.2, 0.25) is 0 Å². The molecule has 1 heterocycles. The Balaban J connectivity index is 2.05. The van der Waals surface area contributed by atoms with E-state index < -0.39 is 0 Å². The second-order valence-electron chi connectivity index (χ2n) is 2.46. The smallest absolute Gasteiger partial charge is 0.146 e. The van der Waals surface area contributed by atoms with E-state index >= 15 is 0 Å². The Hall–Kier alpha value is 0.137. The summed E-state index contributed by atoms with van der Waals surface area (Å²) in [6.07, 6.45) is 3.25. The molecule has 2 unspecified atom stereocenters. The highest BCUT2D eigenvalue weighted by molar-refractivity contribution is 5.98. The summed E-state index contributed by atoms with van der Waals surface area (Å²) in [4.78, 5) is 0. The van der Waals surface area contributed by atoms with Crippen molar-refractivity contribution in [3.05, 3.63) is 0 Å². The van der Waals surface area contributed by atoms with Crippen LogP contribution in [0.5, 0.6) is 0 Å². The van der Waals surface area contributed by atoms with Gasteiger partial charge in [0.05, 0.1) is 12.7 Å². The lowest BCUT2D eigenvalue weighted by atomic mass is 10.2. The number of ether oxygens (including phenoxy) is 1. The predicted octanol–water partition coefficient (Wildman–Crippen LogP) is -0.149. The second-order valence-corrected chi connectivity index (χ2v) is 2.93. The maximum atomic E-state index is 5.31. The molecular formula is C6H14O2Si. The summed E-state index contributed by atoms with van der Waals surface area (Å²) in [6, 6.07) is 0. The molecule has 0 aromatic heterocycles. The van der Waals surface area contributed by atoms with Crippen LogP contribution in [0.2, 0.25) is 0 Å². The summed E-state index contributed by atoms with van der Waals surface area (Å²) in [5.41, 5.74) is 0. The summed E-state index contributed by atoms with van der Waals surface area (Å²) in [5, 5.41) is 0. The first-order chi connectivity index (χ1) is 4.36. The number of rotatable bonds is 4. The van der Waals surface area contributed by atoms with Gasteiger partial charge in [-0.15, -0.1) is 0 Å². The normalized spacial score (nSPS) is 28.3. The molecule has 1 rings (SSSR count). The lowest BCUT2D eigenvalue weighted by Gasteiger charge is -2.10. The van der Waals surface area contributed by atoms with Crippen molar-refractivity contribution >= 4 is 10.5 Å². The number of hydrogen-bond donors (Lipinski definition) is 0. The van der Waals surface area contributed by atoms with Crippen molar-refractivity contribution in [2.45, 2.75) is 32.0 Å². The highest BCUT2D eigenvalue weighted by Crippen LogP contribution is 2.18. The van der Waals surface area contributed by atoms with Gasteiger partial charge in [-0.05, 0) is 6.42 Å². The van der Waals surface area contributed by atoms with Crippen LogP contribution in [0.4, 0.5) is 0 Å². The van der Waals surface area contributed by atoms with Gasteiger partial charge < -0.3 is 9.16 Å². The topological polar surface area (TPSA) is 21.8 Å². The fourth-order valence-corrected chi connectivity index (χ4v) is 1.45. The number of epoxide rings is 1. The van der Waals surface area contributed by atoms with Gasteiger partial charge >= 0.3 is 0 Å². The van der Waals surface area contributed by atoms with Crippen molar-refractivity contribution in [1.29, 1.82) is 0 Å². The van der Waals surface area contributed by atoms with Crippen molar-refractivity contribution in [1.82, 2.24) is 0 Å². The van der Waals surface area contributed by atoms with Crippen LogP contribution in [-0.4, -0.2) is 29.3 Å². The Morgan fingerprint density at radius 1 is 1.89 bits per heavy atom. The first-order valence-corrected chi connectivity index (χ1v) is 4.32. The van der Waals surface area contributed by atoms with Gasteiger partial charge in [-0.1, -0.05) is 6.92 Å². The fourth-order valence-electron chi connectivity index (χ4n) is 0.927. The zero-order chi connectivity index (χ0) is 6.69. The van der Waals surface area contributed by atoms with Gasteiger partial charge in [0.15, 0.2) is 0 Å². The molecule has 0 saturated carbocycles. The van der Waals surface area contributed by atoms with E-state index in [-0.39, 0.29) is 0 Å². The summed E-state index contributed by atoms with van der Waals surface area (Å²) in [6.45, 7) is 3.12. The first-order valence-electron chi connectivity index (χ1n) is 3.51. The largest absolute Gasteiger partial charge is 0.425 e. The molecule has 1 fully saturated rings. The van der Waals surface area contributed by atoms with Gasteiger partial charge in [0.1, 0.15) is 10.5 Å². The van der Waals surface area contributed by atoms with Crippen LogP contribution in [0.15, 0.2) is 0 Å². The van der Waals surface area contributed by atoms with Crippen molar-refractivity contribution < 1.29 is 9.16 Å². The zero-order valence-electron chi connectivity index (χ0n) is 6.09. The Morgan fingerprint density at radius 2 is 2.56 bits per heavy atom. The molecule has 0 radical (unpaired) electrons. The third-order valence-corrected chi connectivity index (χ3v) is 2.38. The highest BCUT2D eigenvalue weighted by atomic mass is 28.2. The van der Waals surface area contributed by atoms with E-state index in [1.54, 1.807) is 0 Å². The van der Waals surface area contributed by atoms with Crippen LogP contribution in [0.25, 0.3) is 0 Å². The molecule has 9 heavy (non-hydrogen) atoms. The Bertz CT molecular complexity index is 79.1. The van der Waals surface area contributed by atoms with Gasteiger partial charge in [-0.25, -0.2) is 0 Å². The Morgan fingerprint density at radius 3 is 2.89 bits per heavy atom. The van der Waals surface area contributed by atoms with E-state index in [1.165, 1.54) is 0 Å².